The average Bonchev–Trinajstić information content (AvgIpc) is 2.50. The summed E-state index contributed by atoms with van der Waals surface area (Å²) in [5, 5.41) is 10.3. The van der Waals surface area contributed by atoms with E-state index >= 15 is 0 Å². The van der Waals surface area contributed by atoms with Crippen molar-refractivity contribution in [3.05, 3.63) is 33.8 Å². The zero-order chi connectivity index (χ0) is 17.6. The van der Waals surface area contributed by atoms with Crippen molar-refractivity contribution in [2.45, 2.75) is 26.8 Å². The summed E-state index contributed by atoms with van der Waals surface area (Å²) in [6, 6.07) is 5.33. The summed E-state index contributed by atoms with van der Waals surface area (Å²) >= 11 is 12.1. The van der Waals surface area contributed by atoms with E-state index in [0.717, 1.165) is 5.56 Å². The molecule has 128 valence electrons. The van der Waals surface area contributed by atoms with Gasteiger partial charge in [0.1, 0.15) is 0 Å². The number of benzene rings is 1. The van der Waals surface area contributed by atoms with Gasteiger partial charge in [0.2, 0.25) is 5.91 Å². The molecule has 3 N–H and O–H groups in total. The Labute approximate surface area is 147 Å². The maximum Gasteiger partial charge on any atom is 0.227 e. The van der Waals surface area contributed by atoms with Crippen LogP contribution < -0.4 is 16.0 Å². The first-order valence-corrected chi connectivity index (χ1v) is 8.11. The maximum atomic E-state index is 11.8. The zero-order valence-corrected chi connectivity index (χ0v) is 15.6. The molecule has 0 spiro atoms. The topological polar surface area (TPSA) is 65.5 Å². The first-order chi connectivity index (χ1) is 10.7. The number of hydrogen-bond acceptors (Lipinski definition) is 2. The molecule has 5 nitrogen and oxygen atoms in total. The highest BCUT2D eigenvalue weighted by atomic mass is 35.5. The summed E-state index contributed by atoms with van der Waals surface area (Å²) in [6.45, 7) is 6.16. The van der Waals surface area contributed by atoms with E-state index in [1.54, 1.807) is 26.2 Å². The quantitative estimate of drug-likeness (QED) is 0.559. The number of guanidine groups is 1. The number of rotatable bonds is 5. The van der Waals surface area contributed by atoms with E-state index in [0.29, 0.717) is 22.5 Å². The molecule has 0 radical (unpaired) electrons. The molecule has 0 aliphatic carbocycles. The van der Waals surface area contributed by atoms with Crippen molar-refractivity contribution in [3.8, 4) is 0 Å². The number of carbonyl (C=O) groups is 1. The average molecular weight is 359 g/mol. The minimum Gasteiger partial charge on any atom is -0.359 e. The molecule has 1 amide bonds. The molecule has 0 saturated carbocycles. The summed E-state index contributed by atoms with van der Waals surface area (Å²) < 4.78 is 0. The first-order valence-electron chi connectivity index (χ1n) is 7.35. The van der Waals surface area contributed by atoms with Crippen LogP contribution >= 0.6 is 23.2 Å². The lowest BCUT2D eigenvalue weighted by atomic mass is 9.92. The highest BCUT2D eigenvalue weighted by molar-refractivity contribution is 6.35. The second-order valence-electron chi connectivity index (χ2n) is 5.92. The van der Waals surface area contributed by atoms with Crippen LogP contribution in [0.1, 0.15) is 32.4 Å². The number of hydrogen-bond donors (Lipinski definition) is 3. The third-order valence-electron chi connectivity index (χ3n) is 3.55. The van der Waals surface area contributed by atoms with Crippen LogP contribution in [-0.2, 0) is 4.79 Å². The summed E-state index contributed by atoms with van der Waals surface area (Å²) in [5.41, 5.74) is 0.373. The van der Waals surface area contributed by atoms with Crippen molar-refractivity contribution in [1.29, 1.82) is 0 Å². The molecule has 23 heavy (non-hydrogen) atoms. The summed E-state index contributed by atoms with van der Waals surface area (Å²) in [4.78, 5) is 16.0. The Kier molecular flexibility index (Phi) is 7.16. The number of nitrogens with zero attached hydrogens (tertiary/aromatic N) is 1. The van der Waals surface area contributed by atoms with E-state index < -0.39 is 5.41 Å². The van der Waals surface area contributed by atoms with Crippen LogP contribution in [0.25, 0.3) is 0 Å². The summed E-state index contributed by atoms with van der Waals surface area (Å²) in [6.07, 6.45) is 0. The van der Waals surface area contributed by atoms with Gasteiger partial charge in [-0.15, -0.1) is 0 Å². The van der Waals surface area contributed by atoms with Gasteiger partial charge in [-0.25, -0.2) is 0 Å². The minimum absolute atomic E-state index is 0.0331. The molecule has 0 bridgehead atoms. The molecule has 7 heteroatoms. The van der Waals surface area contributed by atoms with Crippen LogP contribution in [0.4, 0.5) is 0 Å². The second kappa shape index (κ2) is 8.41. The standard InChI is InChI=1S/C16H24Cl2N4O/c1-10(12-7-6-11(17)8-13(12)18)22-15(20-5)21-9-16(2,3)14(23)19-4/h6-8,10H,9H2,1-5H3,(H,19,23)(H2,20,21,22). The largest absolute Gasteiger partial charge is 0.359 e. The molecule has 1 aromatic rings. The van der Waals surface area contributed by atoms with Crippen LogP contribution in [0.15, 0.2) is 23.2 Å². The molecule has 0 fully saturated rings. The van der Waals surface area contributed by atoms with Crippen LogP contribution in [0.5, 0.6) is 0 Å². The van der Waals surface area contributed by atoms with Crippen LogP contribution in [-0.4, -0.2) is 32.5 Å². The van der Waals surface area contributed by atoms with Crippen LogP contribution in [0, 0.1) is 5.41 Å². The van der Waals surface area contributed by atoms with Gasteiger partial charge in [-0.05, 0) is 38.5 Å². The van der Waals surface area contributed by atoms with E-state index in [-0.39, 0.29) is 11.9 Å². The Hall–Kier alpha value is -1.46. The van der Waals surface area contributed by atoms with Crippen LogP contribution in [0.3, 0.4) is 0 Å². The summed E-state index contributed by atoms with van der Waals surface area (Å²) in [7, 11) is 3.31. The van der Waals surface area contributed by atoms with Gasteiger partial charge in [-0.3, -0.25) is 9.79 Å². The fraction of sp³-hybridized carbons (Fsp3) is 0.500. The highest BCUT2D eigenvalue weighted by Gasteiger charge is 2.26. The van der Waals surface area contributed by atoms with Gasteiger partial charge in [-0.2, -0.15) is 0 Å². The van der Waals surface area contributed by atoms with Gasteiger partial charge in [0.25, 0.3) is 0 Å². The van der Waals surface area contributed by atoms with Gasteiger partial charge in [-0.1, -0.05) is 29.3 Å². The van der Waals surface area contributed by atoms with Crippen molar-refractivity contribution in [1.82, 2.24) is 16.0 Å². The number of aliphatic imine (C=N–C) groups is 1. The number of halogens is 2. The monoisotopic (exact) mass is 358 g/mol. The fourth-order valence-corrected chi connectivity index (χ4v) is 2.63. The predicted molar refractivity (Wildman–Crippen MR) is 97.2 cm³/mol. The van der Waals surface area contributed by atoms with Gasteiger partial charge in [0.05, 0.1) is 11.5 Å². The third-order valence-corrected chi connectivity index (χ3v) is 4.11. The summed E-state index contributed by atoms with van der Waals surface area (Å²) in [5.74, 6) is 0.565. The normalized spacial score (nSPS) is 13.4. The molecule has 0 aliphatic heterocycles. The molecular formula is C16H24Cl2N4O. The molecule has 1 aromatic carbocycles. The van der Waals surface area contributed by atoms with Crippen LogP contribution in [0.2, 0.25) is 10.0 Å². The number of amides is 1. The van der Waals surface area contributed by atoms with Crippen molar-refractivity contribution in [2.24, 2.45) is 10.4 Å². The van der Waals surface area contributed by atoms with E-state index in [4.69, 9.17) is 23.2 Å². The predicted octanol–water partition coefficient (Wildman–Crippen LogP) is 2.99. The lowest BCUT2D eigenvalue weighted by molar-refractivity contribution is -0.128. The molecular weight excluding hydrogens is 335 g/mol. The molecule has 1 atom stereocenters. The van der Waals surface area contributed by atoms with Gasteiger partial charge < -0.3 is 16.0 Å². The molecule has 0 aromatic heterocycles. The zero-order valence-electron chi connectivity index (χ0n) is 14.1. The maximum absolute atomic E-state index is 11.8. The molecule has 0 saturated heterocycles. The second-order valence-corrected chi connectivity index (χ2v) is 6.76. The molecule has 0 heterocycles. The molecule has 0 aliphatic rings. The lowest BCUT2D eigenvalue weighted by Crippen LogP contribution is -2.47. The first kappa shape index (κ1) is 19.6. The van der Waals surface area contributed by atoms with E-state index in [1.807, 2.05) is 26.8 Å². The Balaban J connectivity index is 2.71. The van der Waals surface area contributed by atoms with Gasteiger partial charge in [0, 0.05) is 30.7 Å². The van der Waals surface area contributed by atoms with E-state index in [1.165, 1.54) is 0 Å². The van der Waals surface area contributed by atoms with E-state index in [9.17, 15) is 4.79 Å². The smallest absolute Gasteiger partial charge is 0.227 e. The number of nitrogens with one attached hydrogen (secondary N) is 3. The fourth-order valence-electron chi connectivity index (χ4n) is 2.05. The highest BCUT2D eigenvalue weighted by Crippen LogP contribution is 2.26. The number of carbonyl (C=O) groups excluding carboxylic acids is 1. The minimum atomic E-state index is -0.548. The molecule has 1 rings (SSSR count). The van der Waals surface area contributed by atoms with Crippen molar-refractivity contribution in [3.63, 3.8) is 0 Å². The van der Waals surface area contributed by atoms with Crippen molar-refractivity contribution < 1.29 is 4.79 Å². The van der Waals surface area contributed by atoms with Crippen molar-refractivity contribution >= 4 is 35.1 Å². The Bertz CT molecular complexity index is 587. The van der Waals surface area contributed by atoms with Gasteiger partial charge in [0.15, 0.2) is 5.96 Å². The Morgan fingerprint density at radius 3 is 2.52 bits per heavy atom. The third kappa shape index (κ3) is 5.59. The van der Waals surface area contributed by atoms with Gasteiger partial charge >= 0.3 is 0 Å². The Morgan fingerprint density at radius 2 is 2.00 bits per heavy atom. The SMILES string of the molecule is CN=C(NCC(C)(C)C(=O)NC)NC(C)c1ccc(Cl)cc1Cl. The molecule has 1 unspecified atom stereocenters. The van der Waals surface area contributed by atoms with E-state index in [2.05, 4.69) is 20.9 Å². The lowest BCUT2D eigenvalue weighted by Gasteiger charge is -2.25. The Morgan fingerprint density at radius 1 is 1.35 bits per heavy atom. The van der Waals surface area contributed by atoms with Crippen molar-refractivity contribution in [2.75, 3.05) is 20.6 Å².